The Kier molecular flexibility index (Phi) is 6.80. The number of aryl methyl sites for hydroxylation is 1. The number of hydrogen-bond donors (Lipinski definition) is 2. The zero-order valence-electron chi connectivity index (χ0n) is 18.3. The average molecular weight is 472 g/mol. The van der Waals surface area contributed by atoms with E-state index in [1.165, 1.54) is 31.2 Å². The molecule has 1 amide bonds. The maximum Gasteiger partial charge on any atom is 0.261 e. The van der Waals surface area contributed by atoms with Crippen LogP contribution in [0.15, 0.2) is 70.2 Å². The molecule has 0 unspecified atom stereocenters. The quantitative estimate of drug-likeness (QED) is 0.516. The van der Waals surface area contributed by atoms with Crippen molar-refractivity contribution in [3.8, 4) is 0 Å². The molecular formula is C24H26FN3O4S. The van der Waals surface area contributed by atoms with E-state index in [9.17, 15) is 17.6 Å². The van der Waals surface area contributed by atoms with Gasteiger partial charge in [-0.25, -0.2) is 12.8 Å². The number of carbonyl (C=O) groups is 1. The molecule has 2 aromatic carbocycles. The minimum atomic E-state index is -3.87. The van der Waals surface area contributed by atoms with Crippen molar-refractivity contribution in [3.05, 3.63) is 83.6 Å². The van der Waals surface area contributed by atoms with Crippen molar-refractivity contribution in [1.82, 2.24) is 10.2 Å². The van der Waals surface area contributed by atoms with Gasteiger partial charge in [0.05, 0.1) is 17.2 Å². The van der Waals surface area contributed by atoms with Gasteiger partial charge in [-0.15, -0.1) is 0 Å². The summed E-state index contributed by atoms with van der Waals surface area (Å²) < 4.78 is 46.6. The van der Waals surface area contributed by atoms with E-state index < -0.39 is 15.8 Å². The highest BCUT2D eigenvalue weighted by Gasteiger charge is 2.26. The molecule has 2 heterocycles. The number of halogens is 1. The number of anilines is 1. The summed E-state index contributed by atoms with van der Waals surface area (Å²) in [4.78, 5) is 15.0. The zero-order valence-corrected chi connectivity index (χ0v) is 19.1. The smallest absolute Gasteiger partial charge is 0.261 e. The lowest BCUT2D eigenvalue weighted by atomic mass is 10.1. The van der Waals surface area contributed by atoms with Crippen molar-refractivity contribution in [2.75, 3.05) is 24.4 Å². The van der Waals surface area contributed by atoms with Crippen LogP contribution in [-0.4, -0.2) is 38.9 Å². The van der Waals surface area contributed by atoms with Crippen molar-refractivity contribution in [3.63, 3.8) is 0 Å². The second-order valence-electron chi connectivity index (χ2n) is 8.08. The van der Waals surface area contributed by atoms with Crippen molar-refractivity contribution in [2.24, 2.45) is 0 Å². The Morgan fingerprint density at radius 2 is 1.85 bits per heavy atom. The number of benzene rings is 2. The van der Waals surface area contributed by atoms with Crippen molar-refractivity contribution >= 4 is 21.6 Å². The second kappa shape index (κ2) is 9.76. The number of carbonyl (C=O) groups excluding carboxylic acids is 1. The van der Waals surface area contributed by atoms with Gasteiger partial charge in [-0.05, 0) is 93.0 Å². The van der Waals surface area contributed by atoms with Gasteiger partial charge in [0.25, 0.3) is 15.9 Å². The van der Waals surface area contributed by atoms with E-state index in [1.54, 1.807) is 18.4 Å². The highest BCUT2D eigenvalue weighted by molar-refractivity contribution is 7.92. The van der Waals surface area contributed by atoms with Crippen LogP contribution in [0.5, 0.6) is 0 Å². The zero-order chi connectivity index (χ0) is 23.4. The highest BCUT2D eigenvalue weighted by Crippen LogP contribution is 2.25. The average Bonchev–Trinajstić information content (AvgIpc) is 3.51. The molecule has 0 spiro atoms. The summed E-state index contributed by atoms with van der Waals surface area (Å²) in [7, 11) is -3.87. The molecule has 1 saturated heterocycles. The van der Waals surface area contributed by atoms with Gasteiger partial charge in [0.2, 0.25) is 0 Å². The van der Waals surface area contributed by atoms with E-state index in [4.69, 9.17) is 4.42 Å². The molecule has 0 bridgehead atoms. The third-order valence-corrected chi connectivity index (χ3v) is 7.13. The molecule has 1 atom stereocenters. The first-order valence-electron chi connectivity index (χ1n) is 10.8. The molecule has 1 aliphatic rings. The Labute approximate surface area is 192 Å². The van der Waals surface area contributed by atoms with Gasteiger partial charge in [-0.1, -0.05) is 0 Å². The normalized spacial score (nSPS) is 15.3. The Bertz CT molecular complexity index is 1210. The predicted molar refractivity (Wildman–Crippen MR) is 123 cm³/mol. The Balaban J connectivity index is 1.40. The molecule has 4 rings (SSSR count). The molecule has 1 aromatic heterocycles. The lowest BCUT2D eigenvalue weighted by molar-refractivity contribution is 0.0934. The fourth-order valence-corrected chi connectivity index (χ4v) is 5.07. The van der Waals surface area contributed by atoms with Gasteiger partial charge in [-0.3, -0.25) is 14.4 Å². The maximum absolute atomic E-state index is 13.5. The lowest BCUT2D eigenvalue weighted by Crippen LogP contribution is -2.36. The summed E-state index contributed by atoms with van der Waals surface area (Å²) >= 11 is 0. The van der Waals surface area contributed by atoms with Crippen LogP contribution in [0, 0.1) is 12.7 Å². The molecular weight excluding hydrogens is 445 g/mol. The molecule has 0 saturated carbocycles. The van der Waals surface area contributed by atoms with E-state index in [0.29, 0.717) is 17.8 Å². The van der Waals surface area contributed by atoms with Crippen molar-refractivity contribution in [1.29, 1.82) is 0 Å². The van der Waals surface area contributed by atoms with Gasteiger partial charge in [-0.2, -0.15) is 0 Å². The van der Waals surface area contributed by atoms with Crippen molar-refractivity contribution < 1.29 is 22.0 Å². The van der Waals surface area contributed by atoms with Gasteiger partial charge >= 0.3 is 0 Å². The third-order valence-electron chi connectivity index (χ3n) is 5.75. The van der Waals surface area contributed by atoms with E-state index in [0.717, 1.165) is 37.8 Å². The number of rotatable bonds is 8. The molecule has 0 radical (unpaired) electrons. The van der Waals surface area contributed by atoms with E-state index in [-0.39, 0.29) is 22.4 Å². The number of nitrogens with zero attached hydrogens (tertiary/aromatic N) is 1. The third kappa shape index (κ3) is 5.43. The highest BCUT2D eigenvalue weighted by atomic mass is 32.2. The second-order valence-corrected chi connectivity index (χ2v) is 9.76. The monoisotopic (exact) mass is 471 g/mol. The van der Waals surface area contributed by atoms with Crippen LogP contribution >= 0.6 is 0 Å². The molecule has 174 valence electrons. The number of sulfonamides is 1. The standard InChI is InChI=1S/C24H26FN3O4S/c1-17-15-20(10-11-21(17)25)33(30,31)27-19-8-6-18(7-9-19)24(29)26-16-22(23-5-4-14-32-23)28-12-2-3-13-28/h4-11,14-15,22,27H,2-3,12-13,16H2,1H3,(H,26,29)/t22-/m0/s1. The molecule has 9 heteroatoms. The Morgan fingerprint density at radius 3 is 2.48 bits per heavy atom. The van der Waals surface area contributed by atoms with Crippen molar-refractivity contribution in [2.45, 2.75) is 30.7 Å². The maximum atomic E-state index is 13.5. The van der Waals surface area contributed by atoms with Gasteiger partial charge in [0, 0.05) is 17.8 Å². The summed E-state index contributed by atoms with van der Waals surface area (Å²) in [6.45, 7) is 3.83. The molecule has 7 nitrogen and oxygen atoms in total. The number of likely N-dealkylation sites (tertiary alicyclic amines) is 1. The first-order chi connectivity index (χ1) is 15.8. The van der Waals surface area contributed by atoms with Crippen LogP contribution in [0.4, 0.5) is 10.1 Å². The van der Waals surface area contributed by atoms with Gasteiger partial charge in [0.1, 0.15) is 11.6 Å². The Hall–Kier alpha value is -3.17. The number of hydrogen-bond acceptors (Lipinski definition) is 5. The molecule has 33 heavy (non-hydrogen) atoms. The number of nitrogens with one attached hydrogen (secondary N) is 2. The van der Waals surface area contributed by atoms with Crippen LogP contribution in [-0.2, 0) is 10.0 Å². The van der Waals surface area contributed by atoms with E-state index in [1.807, 2.05) is 12.1 Å². The minimum Gasteiger partial charge on any atom is -0.468 e. The largest absolute Gasteiger partial charge is 0.468 e. The predicted octanol–water partition coefficient (Wildman–Crippen LogP) is 4.09. The molecule has 0 aliphatic carbocycles. The first kappa shape index (κ1) is 23.0. The summed E-state index contributed by atoms with van der Waals surface area (Å²) in [6, 6.07) is 13.5. The minimum absolute atomic E-state index is 0.0308. The first-order valence-corrected chi connectivity index (χ1v) is 12.3. The van der Waals surface area contributed by atoms with Gasteiger partial charge in [0.15, 0.2) is 0 Å². The molecule has 1 aliphatic heterocycles. The van der Waals surface area contributed by atoms with E-state index in [2.05, 4.69) is 14.9 Å². The lowest BCUT2D eigenvalue weighted by Gasteiger charge is -2.26. The molecule has 2 N–H and O–H groups in total. The molecule has 1 fully saturated rings. The van der Waals surface area contributed by atoms with Crippen LogP contribution in [0.25, 0.3) is 0 Å². The molecule has 3 aromatic rings. The number of amides is 1. The van der Waals surface area contributed by atoms with Crippen LogP contribution in [0.2, 0.25) is 0 Å². The Morgan fingerprint density at radius 1 is 1.12 bits per heavy atom. The van der Waals surface area contributed by atoms with Crippen LogP contribution < -0.4 is 10.0 Å². The van der Waals surface area contributed by atoms with Crippen LogP contribution in [0.1, 0.15) is 40.6 Å². The fraction of sp³-hybridized carbons (Fsp3) is 0.292. The fourth-order valence-electron chi connectivity index (χ4n) is 3.92. The SMILES string of the molecule is Cc1cc(S(=O)(=O)Nc2ccc(C(=O)NC[C@@H](c3ccco3)N3CCCC3)cc2)ccc1F. The van der Waals surface area contributed by atoms with E-state index >= 15 is 0 Å². The van der Waals surface area contributed by atoms with Gasteiger partial charge < -0.3 is 9.73 Å². The number of furan rings is 1. The van der Waals surface area contributed by atoms with Crippen LogP contribution in [0.3, 0.4) is 0 Å². The topological polar surface area (TPSA) is 91.6 Å². The summed E-state index contributed by atoms with van der Waals surface area (Å²) in [6.07, 6.45) is 3.88. The summed E-state index contributed by atoms with van der Waals surface area (Å²) in [5.74, 6) is 0.0932. The summed E-state index contributed by atoms with van der Waals surface area (Å²) in [5, 5.41) is 2.95. The summed E-state index contributed by atoms with van der Waals surface area (Å²) in [5.41, 5.74) is 0.959.